The molecule has 0 spiro atoms. The Hall–Kier alpha value is -2.98. The maximum atomic E-state index is 13.2. The Kier molecular flexibility index (Phi) is 7.75. The van der Waals surface area contributed by atoms with Crippen LogP contribution in [0.1, 0.15) is 20.4 Å². The van der Waals surface area contributed by atoms with Crippen LogP contribution in [0.3, 0.4) is 0 Å². The molecule has 0 atom stereocenters. The maximum absolute atomic E-state index is 13.2. The van der Waals surface area contributed by atoms with Crippen LogP contribution in [0.15, 0.2) is 48.5 Å². The van der Waals surface area contributed by atoms with Crippen LogP contribution in [-0.4, -0.2) is 34.9 Å². The SMILES string of the molecule is COc1cccc(CNC(=O)CSCc2nnc(C(=O)Nc3cccc(F)c3)s2)c1. The second-order valence-corrected chi connectivity index (χ2v) is 8.13. The monoisotopic (exact) mass is 446 g/mol. The first-order valence-electron chi connectivity index (χ1n) is 8.90. The Labute approximate surface area is 181 Å². The van der Waals surface area contributed by atoms with Crippen molar-refractivity contribution < 1.29 is 18.7 Å². The van der Waals surface area contributed by atoms with Gasteiger partial charge < -0.3 is 15.4 Å². The molecule has 0 aliphatic heterocycles. The molecule has 0 aliphatic carbocycles. The van der Waals surface area contributed by atoms with E-state index in [-0.39, 0.29) is 16.7 Å². The molecule has 2 N–H and O–H groups in total. The summed E-state index contributed by atoms with van der Waals surface area (Å²) in [5, 5.41) is 14.1. The molecule has 2 amide bonds. The van der Waals surface area contributed by atoms with Crippen LogP contribution >= 0.6 is 23.1 Å². The molecule has 3 aromatic rings. The number of nitrogens with zero attached hydrogens (tertiary/aromatic N) is 2. The number of nitrogens with one attached hydrogen (secondary N) is 2. The summed E-state index contributed by atoms with van der Waals surface area (Å²) < 4.78 is 18.4. The van der Waals surface area contributed by atoms with Crippen molar-refractivity contribution in [2.24, 2.45) is 0 Å². The Morgan fingerprint density at radius 3 is 2.80 bits per heavy atom. The lowest BCUT2D eigenvalue weighted by Crippen LogP contribution is -2.24. The van der Waals surface area contributed by atoms with Crippen LogP contribution < -0.4 is 15.4 Å². The van der Waals surface area contributed by atoms with Gasteiger partial charge in [-0.3, -0.25) is 9.59 Å². The number of thioether (sulfide) groups is 1. The summed E-state index contributed by atoms with van der Waals surface area (Å²) in [5.74, 6) is 0.463. The molecule has 10 heteroatoms. The van der Waals surface area contributed by atoms with Gasteiger partial charge in [0.1, 0.15) is 16.6 Å². The van der Waals surface area contributed by atoms with Crippen molar-refractivity contribution in [1.29, 1.82) is 0 Å². The van der Waals surface area contributed by atoms with Crippen molar-refractivity contribution in [2.75, 3.05) is 18.2 Å². The van der Waals surface area contributed by atoms with Crippen molar-refractivity contribution in [3.05, 3.63) is 69.9 Å². The molecule has 0 aliphatic rings. The zero-order valence-corrected chi connectivity index (χ0v) is 17.7. The highest BCUT2D eigenvalue weighted by Crippen LogP contribution is 2.18. The lowest BCUT2D eigenvalue weighted by atomic mass is 10.2. The minimum atomic E-state index is -0.453. The summed E-state index contributed by atoms with van der Waals surface area (Å²) >= 11 is 2.51. The molecule has 1 heterocycles. The molecule has 0 unspecified atom stereocenters. The van der Waals surface area contributed by atoms with Gasteiger partial charge in [0.05, 0.1) is 12.9 Å². The van der Waals surface area contributed by atoms with E-state index in [1.54, 1.807) is 13.2 Å². The van der Waals surface area contributed by atoms with E-state index in [1.165, 1.54) is 30.0 Å². The largest absolute Gasteiger partial charge is 0.497 e. The first-order chi connectivity index (χ1) is 14.5. The third-order valence-electron chi connectivity index (χ3n) is 3.83. The number of aromatic nitrogens is 2. The lowest BCUT2D eigenvalue weighted by Gasteiger charge is -2.06. The van der Waals surface area contributed by atoms with Crippen molar-refractivity contribution in [3.63, 3.8) is 0 Å². The molecule has 0 fully saturated rings. The van der Waals surface area contributed by atoms with Gasteiger partial charge in [-0.1, -0.05) is 29.5 Å². The van der Waals surface area contributed by atoms with Crippen LogP contribution in [0.5, 0.6) is 5.75 Å². The van der Waals surface area contributed by atoms with E-state index < -0.39 is 11.7 Å². The van der Waals surface area contributed by atoms with E-state index in [1.807, 2.05) is 24.3 Å². The third kappa shape index (κ3) is 6.53. The van der Waals surface area contributed by atoms with E-state index >= 15 is 0 Å². The zero-order chi connectivity index (χ0) is 21.3. The lowest BCUT2D eigenvalue weighted by molar-refractivity contribution is -0.118. The van der Waals surface area contributed by atoms with E-state index in [2.05, 4.69) is 20.8 Å². The molecule has 3 rings (SSSR count). The van der Waals surface area contributed by atoms with E-state index in [4.69, 9.17) is 4.74 Å². The van der Waals surface area contributed by atoms with Crippen LogP contribution in [0.2, 0.25) is 0 Å². The van der Waals surface area contributed by atoms with E-state index in [9.17, 15) is 14.0 Å². The van der Waals surface area contributed by atoms with Gasteiger partial charge in [0.2, 0.25) is 10.9 Å². The normalized spacial score (nSPS) is 10.5. The minimum absolute atomic E-state index is 0.101. The summed E-state index contributed by atoms with van der Waals surface area (Å²) in [7, 11) is 1.60. The van der Waals surface area contributed by atoms with Crippen molar-refractivity contribution >= 4 is 40.6 Å². The molecule has 7 nitrogen and oxygen atoms in total. The van der Waals surface area contributed by atoms with Gasteiger partial charge in [-0.05, 0) is 35.9 Å². The van der Waals surface area contributed by atoms with E-state index in [0.29, 0.717) is 23.0 Å². The zero-order valence-electron chi connectivity index (χ0n) is 16.1. The molecular weight excluding hydrogens is 427 g/mol. The van der Waals surface area contributed by atoms with Crippen molar-refractivity contribution in [2.45, 2.75) is 12.3 Å². The molecule has 0 radical (unpaired) electrons. The van der Waals surface area contributed by atoms with Gasteiger partial charge >= 0.3 is 0 Å². The Morgan fingerprint density at radius 1 is 1.17 bits per heavy atom. The average molecular weight is 447 g/mol. The Morgan fingerprint density at radius 2 is 2.00 bits per heavy atom. The van der Waals surface area contributed by atoms with Gasteiger partial charge in [0, 0.05) is 18.0 Å². The Bertz CT molecular complexity index is 1030. The second-order valence-electron chi connectivity index (χ2n) is 6.09. The standard InChI is InChI=1S/C20H19FN4O3S2/c1-28-16-7-2-4-13(8-16)10-22-17(26)11-29-12-18-24-25-20(30-18)19(27)23-15-6-3-5-14(21)9-15/h2-9H,10-12H2,1H3,(H,22,26)(H,23,27). The number of amides is 2. The first kappa shape index (κ1) is 21.7. The van der Waals surface area contributed by atoms with Crippen LogP contribution in [0.4, 0.5) is 10.1 Å². The predicted octanol–water partition coefficient (Wildman–Crippen LogP) is 3.49. The molecule has 0 bridgehead atoms. The average Bonchev–Trinajstić information content (AvgIpc) is 3.21. The number of benzene rings is 2. The number of ether oxygens (including phenoxy) is 1. The number of halogens is 1. The van der Waals surface area contributed by atoms with Gasteiger partial charge in [0.15, 0.2) is 0 Å². The number of rotatable bonds is 9. The molecule has 0 saturated carbocycles. The number of methoxy groups -OCH3 is 1. The summed E-state index contributed by atoms with van der Waals surface area (Å²) in [5.41, 5.74) is 1.30. The highest BCUT2D eigenvalue weighted by atomic mass is 32.2. The van der Waals surface area contributed by atoms with Crippen molar-refractivity contribution in [1.82, 2.24) is 15.5 Å². The Balaban J connectivity index is 1.41. The fraction of sp³-hybridized carbons (Fsp3) is 0.200. The molecule has 1 aromatic heterocycles. The second kappa shape index (κ2) is 10.7. The van der Waals surface area contributed by atoms with E-state index in [0.717, 1.165) is 22.6 Å². The first-order valence-corrected chi connectivity index (χ1v) is 10.9. The van der Waals surface area contributed by atoms with Crippen molar-refractivity contribution in [3.8, 4) is 5.75 Å². The highest BCUT2D eigenvalue weighted by molar-refractivity contribution is 7.99. The number of hydrogen-bond donors (Lipinski definition) is 2. The topological polar surface area (TPSA) is 93.2 Å². The fourth-order valence-electron chi connectivity index (χ4n) is 2.42. The smallest absolute Gasteiger partial charge is 0.286 e. The molecule has 30 heavy (non-hydrogen) atoms. The minimum Gasteiger partial charge on any atom is -0.497 e. The highest BCUT2D eigenvalue weighted by Gasteiger charge is 2.14. The molecule has 0 saturated heterocycles. The van der Waals surface area contributed by atoms with Gasteiger partial charge in [-0.2, -0.15) is 0 Å². The predicted molar refractivity (Wildman–Crippen MR) is 115 cm³/mol. The van der Waals surface area contributed by atoms with Gasteiger partial charge in [-0.25, -0.2) is 4.39 Å². The van der Waals surface area contributed by atoms with Crippen LogP contribution in [0, 0.1) is 5.82 Å². The fourth-order valence-corrected chi connectivity index (χ4v) is 4.06. The van der Waals surface area contributed by atoms with Crippen LogP contribution in [-0.2, 0) is 17.1 Å². The number of hydrogen-bond acceptors (Lipinski definition) is 7. The third-order valence-corrected chi connectivity index (χ3v) is 5.87. The summed E-state index contributed by atoms with van der Waals surface area (Å²) in [4.78, 5) is 24.2. The van der Waals surface area contributed by atoms with Crippen LogP contribution in [0.25, 0.3) is 0 Å². The summed E-state index contributed by atoms with van der Waals surface area (Å²) in [6, 6.07) is 13.1. The summed E-state index contributed by atoms with van der Waals surface area (Å²) in [6.07, 6.45) is 0. The number of anilines is 1. The molecular formula is C20H19FN4O3S2. The number of carbonyl (C=O) groups excluding carboxylic acids is 2. The van der Waals surface area contributed by atoms with Gasteiger partial charge in [-0.15, -0.1) is 22.0 Å². The quantitative estimate of drug-likeness (QED) is 0.523. The molecule has 2 aromatic carbocycles. The molecule has 156 valence electrons. The maximum Gasteiger partial charge on any atom is 0.286 e. The number of carbonyl (C=O) groups is 2. The van der Waals surface area contributed by atoms with Gasteiger partial charge in [0.25, 0.3) is 5.91 Å². The summed E-state index contributed by atoms with van der Waals surface area (Å²) in [6.45, 7) is 0.416.